The van der Waals surface area contributed by atoms with Crippen molar-refractivity contribution in [1.29, 1.82) is 0 Å². The second kappa shape index (κ2) is 5.58. The van der Waals surface area contributed by atoms with E-state index in [2.05, 4.69) is 19.2 Å². The van der Waals surface area contributed by atoms with Crippen molar-refractivity contribution in [3.05, 3.63) is 0 Å². The Labute approximate surface area is 76.9 Å². The van der Waals surface area contributed by atoms with Crippen molar-refractivity contribution in [3.63, 3.8) is 0 Å². The summed E-state index contributed by atoms with van der Waals surface area (Å²) >= 11 is 0. The largest absolute Gasteiger partial charge is 0.316 e. The maximum absolute atomic E-state index is 3.54. The minimum absolute atomic E-state index is 0.951. The monoisotopic (exact) mass is 169 g/mol. The lowest BCUT2D eigenvalue weighted by Gasteiger charge is -2.20. The summed E-state index contributed by atoms with van der Waals surface area (Å²) in [5.74, 6) is 1.90. The molecule has 0 saturated carbocycles. The molecule has 12 heavy (non-hydrogen) atoms. The zero-order valence-corrected chi connectivity index (χ0v) is 8.60. The van der Waals surface area contributed by atoms with E-state index in [0.717, 1.165) is 11.8 Å². The van der Waals surface area contributed by atoms with Gasteiger partial charge < -0.3 is 5.32 Å². The van der Waals surface area contributed by atoms with E-state index in [-0.39, 0.29) is 0 Å². The van der Waals surface area contributed by atoms with Crippen molar-refractivity contribution in [2.24, 2.45) is 11.8 Å². The van der Waals surface area contributed by atoms with Gasteiger partial charge in [-0.1, -0.05) is 26.7 Å². The first-order valence-electron chi connectivity index (χ1n) is 5.55. The number of hydrogen-bond donors (Lipinski definition) is 1. The SMILES string of the molecule is CCCCC1CNCCC[C@H]1C. The van der Waals surface area contributed by atoms with Gasteiger partial charge in [-0.25, -0.2) is 0 Å². The van der Waals surface area contributed by atoms with Gasteiger partial charge in [0.1, 0.15) is 0 Å². The second-order valence-electron chi connectivity index (χ2n) is 4.23. The van der Waals surface area contributed by atoms with Crippen molar-refractivity contribution in [2.45, 2.75) is 46.0 Å². The molecule has 1 rings (SSSR count). The van der Waals surface area contributed by atoms with Gasteiger partial charge in [-0.05, 0) is 44.2 Å². The Morgan fingerprint density at radius 1 is 1.42 bits per heavy atom. The highest BCUT2D eigenvalue weighted by atomic mass is 14.9. The first-order chi connectivity index (χ1) is 5.84. The molecule has 1 heteroatoms. The molecule has 1 unspecified atom stereocenters. The molecular weight excluding hydrogens is 146 g/mol. The Morgan fingerprint density at radius 2 is 2.25 bits per heavy atom. The third kappa shape index (κ3) is 3.14. The van der Waals surface area contributed by atoms with E-state index in [9.17, 15) is 0 Å². The van der Waals surface area contributed by atoms with Gasteiger partial charge in [0.15, 0.2) is 0 Å². The zero-order valence-electron chi connectivity index (χ0n) is 8.60. The van der Waals surface area contributed by atoms with Crippen LogP contribution in [0.2, 0.25) is 0 Å². The third-order valence-electron chi connectivity index (χ3n) is 3.15. The maximum Gasteiger partial charge on any atom is -0.00180 e. The Balaban J connectivity index is 2.26. The summed E-state index contributed by atoms with van der Waals surface area (Å²) in [6, 6.07) is 0. The smallest absolute Gasteiger partial charge is 0.00180 e. The third-order valence-corrected chi connectivity index (χ3v) is 3.15. The second-order valence-corrected chi connectivity index (χ2v) is 4.23. The molecule has 1 saturated heterocycles. The predicted molar refractivity (Wildman–Crippen MR) is 54.3 cm³/mol. The van der Waals surface area contributed by atoms with E-state index in [1.165, 1.54) is 45.2 Å². The lowest BCUT2D eigenvalue weighted by atomic mass is 9.87. The first-order valence-corrected chi connectivity index (χ1v) is 5.55. The van der Waals surface area contributed by atoms with Crippen LogP contribution in [0.15, 0.2) is 0 Å². The van der Waals surface area contributed by atoms with Gasteiger partial charge in [-0.2, -0.15) is 0 Å². The molecule has 1 aliphatic rings. The molecular formula is C11H23N. The van der Waals surface area contributed by atoms with Gasteiger partial charge in [0.05, 0.1) is 0 Å². The number of rotatable bonds is 3. The fourth-order valence-electron chi connectivity index (χ4n) is 2.13. The summed E-state index contributed by atoms with van der Waals surface area (Å²) in [4.78, 5) is 0. The lowest BCUT2D eigenvalue weighted by Crippen LogP contribution is -2.23. The lowest BCUT2D eigenvalue weighted by molar-refractivity contribution is 0.325. The van der Waals surface area contributed by atoms with Crippen LogP contribution >= 0.6 is 0 Å². The molecule has 0 aromatic carbocycles. The molecule has 1 aliphatic heterocycles. The summed E-state index contributed by atoms with van der Waals surface area (Å²) in [7, 11) is 0. The van der Waals surface area contributed by atoms with Crippen LogP contribution in [0.3, 0.4) is 0 Å². The molecule has 2 atom stereocenters. The van der Waals surface area contributed by atoms with Crippen LogP contribution in [0.1, 0.15) is 46.0 Å². The topological polar surface area (TPSA) is 12.0 Å². The molecule has 0 aliphatic carbocycles. The Hall–Kier alpha value is -0.0400. The molecule has 0 radical (unpaired) electrons. The average molecular weight is 169 g/mol. The maximum atomic E-state index is 3.54. The van der Waals surface area contributed by atoms with Crippen molar-refractivity contribution < 1.29 is 0 Å². The van der Waals surface area contributed by atoms with Gasteiger partial charge in [-0.15, -0.1) is 0 Å². The molecule has 1 N–H and O–H groups in total. The van der Waals surface area contributed by atoms with E-state index < -0.39 is 0 Å². The van der Waals surface area contributed by atoms with Crippen LogP contribution in [-0.4, -0.2) is 13.1 Å². The zero-order chi connectivity index (χ0) is 8.81. The molecule has 0 bridgehead atoms. The van der Waals surface area contributed by atoms with Crippen LogP contribution in [0.4, 0.5) is 0 Å². The highest BCUT2D eigenvalue weighted by Crippen LogP contribution is 2.23. The molecule has 0 spiro atoms. The number of unbranched alkanes of at least 4 members (excludes halogenated alkanes) is 1. The van der Waals surface area contributed by atoms with Crippen LogP contribution in [-0.2, 0) is 0 Å². The average Bonchev–Trinajstić information content (AvgIpc) is 2.27. The summed E-state index contributed by atoms with van der Waals surface area (Å²) in [6.45, 7) is 7.22. The van der Waals surface area contributed by atoms with E-state index >= 15 is 0 Å². The van der Waals surface area contributed by atoms with Crippen molar-refractivity contribution in [3.8, 4) is 0 Å². The fourth-order valence-corrected chi connectivity index (χ4v) is 2.13. The molecule has 72 valence electrons. The van der Waals surface area contributed by atoms with Crippen LogP contribution in [0, 0.1) is 11.8 Å². The van der Waals surface area contributed by atoms with Gasteiger partial charge in [-0.3, -0.25) is 0 Å². The van der Waals surface area contributed by atoms with E-state index in [0.29, 0.717) is 0 Å². The van der Waals surface area contributed by atoms with Gasteiger partial charge in [0.25, 0.3) is 0 Å². The predicted octanol–water partition coefficient (Wildman–Crippen LogP) is 2.81. The van der Waals surface area contributed by atoms with Gasteiger partial charge in [0, 0.05) is 0 Å². The number of nitrogens with one attached hydrogen (secondary N) is 1. The molecule has 1 heterocycles. The Kier molecular flexibility index (Phi) is 4.67. The first kappa shape index (κ1) is 10.0. The molecule has 1 nitrogen and oxygen atoms in total. The fraction of sp³-hybridized carbons (Fsp3) is 1.00. The highest BCUT2D eigenvalue weighted by Gasteiger charge is 2.18. The van der Waals surface area contributed by atoms with Crippen molar-refractivity contribution in [2.75, 3.05) is 13.1 Å². The number of hydrogen-bond acceptors (Lipinski definition) is 1. The quantitative estimate of drug-likeness (QED) is 0.685. The summed E-state index contributed by atoms with van der Waals surface area (Å²) in [6.07, 6.45) is 7.01. The van der Waals surface area contributed by atoms with Crippen molar-refractivity contribution in [1.82, 2.24) is 5.32 Å². The normalized spacial score (nSPS) is 31.5. The highest BCUT2D eigenvalue weighted by molar-refractivity contribution is 4.73. The van der Waals surface area contributed by atoms with E-state index in [4.69, 9.17) is 0 Å². The molecule has 0 aromatic heterocycles. The Bertz CT molecular complexity index is 112. The summed E-state index contributed by atoms with van der Waals surface area (Å²) < 4.78 is 0. The standard InChI is InChI=1S/C11H23N/c1-3-4-7-11-9-12-8-5-6-10(11)2/h10-12H,3-9H2,1-2H3/t10-,11?/m1/s1. The van der Waals surface area contributed by atoms with Gasteiger partial charge in [0.2, 0.25) is 0 Å². The summed E-state index contributed by atoms with van der Waals surface area (Å²) in [5.41, 5.74) is 0. The van der Waals surface area contributed by atoms with Crippen molar-refractivity contribution >= 4 is 0 Å². The van der Waals surface area contributed by atoms with E-state index in [1.807, 2.05) is 0 Å². The minimum atomic E-state index is 0.951. The molecule has 0 aromatic rings. The molecule has 1 fully saturated rings. The van der Waals surface area contributed by atoms with Crippen LogP contribution < -0.4 is 5.32 Å². The Morgan fingerprint density at radius 3 is 3.00 bits per heavy atom. The summed E-state index contributed by atoms with van der Waals surface area (Å²) in [5, 5.41) is 3.54. The van der Waals surface area contributed by atoms with E-state index in [1.54, 1.807) is 0 Å². The molecule has 0 amide bonds. The van der Waals surface area contributed by atoms with Crippen LogP contribution in [0.25, 0.3) is 0 Å². The van der Waals surface area contributed by atoms with Crippen LogP contribution in [0.5, 0.6) is 0 Å². The minimum Gasteiger partial charge on any atom is -0.316 e. The van der Waals surface area contributed by atoms with Gasteiger partial charge >= 0.3 is 0 Å².